The van der Waals surface area contributed by atoms with Crippen LogP contribution in [0.2, 0.25) is 5.02 Å². The number of hydrogen-bond acceptors (Lipinski definition) is 3. The number of carbonyl (C=O) groups is 1. The summed E-state index contributed by atoms with van der Waals surface area (Å²) in [6.07, 6.45) is 1.49. The normalized spacial score (nSPS) is 11.9. The molecule has 0 saturated heterocycles. The van der Waals surface area contributed by atoms with E-state index in [0.29, 0.717) is 5.02 Å². The molecule has 1 heterocycles. The van der Waals surface area contributed by atoms with E-state index < -0.39 is 5.97 Å². The lowest BCUT2D eigenvalue weighted by atomic mass is 10.1. The molecule has 2 aromatic rings. The van der Waals surface area contributed by atoms with Gasteiger partial charge in [-0.3, -0.25) is 0 Å². The van der Waals surface area contributed by atoms with Crippen molar-refractivity contribution in [3.8, 4) is 0 Å². The van der Waals surface area contributed by atoms with Gasteiger partial charge in [-0.05, 0) is 30.7 Å². The third kappa shape index (κ3) is 2.91. The lowest BCUT2D eigenvalue weighted by Crippen LogP contribution is -2.22. The van der Waals surface area contributed by atoms with Crippen molar-refractivity contribution in [2.45, 2.75) is 13.0 Å². The first-order valence-electron chi connectivity index (χ1n) is 6.17. The Hall–Kier alpha value is -2.07. The smallest absolute Gasteiger partial charge is 0.354 e. The van der Waals surface area contributed by atoms with Gasteiger partial charge >= 0.3 is 5.97 Å². The van der Waals surface area contributed by atoms with Crippen LogP contribution in [-0.4, -0.2) is 23.1 Å². The van der Waals surface area contributed by atoms with Crippen LogP contribution in [0.4, 0.5) is 5.69 Å². The average Bonchev–Trinajstić information content (AvgIpc) is 2.46. The first-order chi connectivity index (χ1) is 9.50. The fraction of sp³-hybridized carbons (Fsp3) is 0.200. The summed E-state index contributed by atoms with van der Waals surface area (Å²) in [6, 6.07) is 11.0. The summed E-state index contributed by atoms with van der Waals surface area (Å²) < 4.78 is 0. The van der Waals surface area contributed by atoms with E-state index in [-0.39, 0.29) is 11.7 Å². The van der Waals surface area contributed by atoms with Gasteiger partial charge in [-0.2, -0.15) is 0 Å². The van der Waals surface area contributed by atoms with Crippen LogP contribution in [-0.2, 0) is 0 Å². The maximum Gasteiger partial charge on any atom is 0.354 e. The minimum atomic E-state index is -1.04. The van der Waals surface area contributed by atoms with Gasteiger partial charge in [-0.1, -0.05) is 29.8 Å². The highest BCUT2D eigenvalue weighted by Crippen LogP contribution is 2.29. The first-order valence-corrected chi connectivity index (χ1v) is 6.55. The summed E-state index contributed by atoms with van der Waals surface area (Å²) in [5, 5.41) is 9.68. The lowest BCUT2D eigenvalue weighted by molar-refractivity contribution is 0.0690. The number of carboxylic acid groups (broad SMARTS) is 1. The maximum absolute atomic E-state index is 11.0. The van der Waals surface area contributed by atoms with E-state index in [1.54, 1.807) is 12.1 Å². The van der Waals surface area contributed by atoms with Gasteiger partial charge in [0.15, 0.2) is 0 Å². The number of halogens is 1. The predicted octanol–water partition coefficient (Wildman–Crippen LogP) is 3.63. The minimum absolute atomic E-state index is 0.0211. The molecule has 5 heteroatoms. The molecule has 0 fully saturated rings. The molecule has 0 aliphatic heterocycles. The van der Waals surface area contributed by atoms with Gasteiger partial charge in [-0.15, -0.1) is 0 Å². The number of aromatic nitrogens is 1. The molecule has 1 aromatic heterocycles. The van der Waals surface area contributed by atoms with Gasteiger partial charge < -0.3 is 10.0 Å². The topological polar surface area (TPSA) is 53.4 Å². The van der Waals surface area contributed by atoms with Crippen LogP contribution in [0.15, 0.2) is 42.6 Å². The maximum atomic E-state index is 11.0. The fourth-order valence-corrected chi connectivity index (χ4v) is 2.30. The van der Waals surface area contributed by atoms with Crippen LogP contribution in [0.25, 0.3) is 0 Å². The third-order valence-electron chi connectivity index (χ3n) is 3.31. The molecular weight excluding hydrogens is 276 g/mol. The SMILES string of the molecule is CC(c1ccccc1Cl)N(C)c1ccnc(C(=O)O)c1. The van der Waals surface area contributed by atoms with E-state index in [4.69, 9.17) is 16.7 Å². The zero-order valence-electron chi connectivity index (χ0n) is 11.2. The van der Waals surface area contributed by atoms with Gasteiger partial charge in [0, 0.05) is 24.0 Å². The lowest BCUT2D eigenvalue weighted by Gasteiger charge is -2.28. The second-order valence-corrected chi connectivity index (χ2v) is 4.92. The van der Waals surface area contributed by atoms with Crippen LogP contribution < -0.4 is 4.90 Å². The molecule has 0 spiro atoms. The molecule has 0 amide bonds. The van der Waals surface area contributed by atoms with Crippen LogP contribution in [0, 0.1) is 0 Å². The number of anilines is 1. The molecule has 0 saturated carbocycles. The zero-order chi connectivity index (χ0) is 14.7. The zero-order valence-corrected chi connectivity index (χ0v) is 12.0. The monoisotopic (exact) mass is 290 g/mol. The van der Waals surface area contributed by atoms with Crippen LogP contribution in [0.1, 0.15) is 29.0 Å². The Bertz CT molecular complexity index is 631. The van der Waals surface area contributed by atoms with E-state index in [1.807, 2.05) is 43.1 Å². The second-order valence-electron chi connectivity index (χ2n) is 4.51. The highest BCUT2D eigenvalue weighted by molar-refractivity contribution is 6.31. The summed E-state index contributed by atoms with van der Waals surface area (Å²) in [5.41, 5.74) is 1.80. The number of aromatic carboxylic acids is 1. The second kappa shape index (κ2) is 5.92. The molecule has 20 heavy (non-hydrogen) atoms. The Morgan fingerprint density at radius 1 is 1.35 bits per heavy atom. The Morgan fingerprint density at radius 2 is 2.05 bits per heavy atom. The number of nitrogens with zero attached hydrogens (tertiary/aromatic N) is 2. The number of pyridine rings is 1. The molecule has 2 rings (SSSR count). The minimum Gasteiger partial charge on any atom is -0.477 e. The van der Waals surface area contributed by atoms with Gasteiger partial charge in [0.25, 0.3) is 0 Å². The molecule has 104 valence electrons. The largest absolute Gasteiger partial charge is 0.477 e. The van der Waals surface area contributed by atoms with E-state index in [0.717, 1.165) is 11.3 Å². The Kier molecular flexibility index (Phi) is 4.25. The summed E-state index contributed by atoms with van der Waals surface area (Å²) >= 11 is 6.20. The predicted molar refractivity (Wildman–Crippen MR) is 79.5 cm³/mol. The van der Waals surface area contributed by atoms with Gasteiger partial charge in [0.2, 0.25) is 0 Å². The van der Waals surface area contributed by atoms with Crippen LogP contribution in [0.3, 0.4) is 0 Å². The quantitative estimate of drug-likeness (QED) is 0.934. The number of carboxylic acids is 1. The summed E-state index contributed by atoms with van der Waals surface area (Å²) in [7, 11) is 1.90. The summed E-state index contributed by atoms with van der Waals surface area (Å²) in [6.45, 7) is 2.02. The van der Waals surface area contributed by atoms with Gasteiger partial charge in [0.1, 0.15) is 5.69 Å². The summed E-state index contributed by atoms with van der Waals surface area (Å²) in [5.74, 6) is -1.04. The molecular formula is C15H15ClN2O2. The molecule has 1 N–H and O–H groups in total. The van der Waals surface area contributed by atoms with Crippen molar-refractivity contribution in [1.82, 2.24) is 4.98 Å². The van der Waals surface area contributed by atoms with Gasteiger partial charge in [-0.25, -0.2) is 9.78 Å². The molecule has 1 unspecified atom stereocenters. The van der Waals surface area contributed by atoms with Crippen molar-refractivity contribution >= 4 is 23.3 Å². The molecule has 0 aliphatic carbocycles. The van der Waals surface area contributed by atoms with Crippen molar-refractivity contribution in [3.63, 3.8) is 0 Å². The summed E-state index contributed by atoms with van der Waals surface area (Å²) in [4.78, 5) is 16.8. The van der Waals surface area contributed by atoms with E-state index in [2.05, 4.69) is 4.98 Å². The van der Waals surface area contributed by atoms with Crippen molar-refractivity contribution in [2.24, 2.45) is 0 Å². The average molecular weight is 291 g/mol. The highest BCUT2D eigenvalue weighted by Gasteiger charge is 2.16. The Labute approximate surface area is 122 Å². The molecule has 0 aliphatic rings. The van der Waals surface area contributed by atoms with Crippen LogP contribution in [0.5, 0.6) is 0 Å². The fourth-order valence-electron chi connectivity index (χ4n) is 2.00. The Morgan fingerprint density at radius 3 is 2.70 bits per heavy atom. The van der Waals surface area contributed by atoms with Gasteiger partial charge in [0.05, 0.1) is 6.04 Å². The van der Waals surface area contributed by atoms with Crippen molar-refractivity contribution in [3.05, 3.63) is 58.9 Å². The highest BCUT2D eigenvalue weighted by atomic mass is 35.5. The van der Waals surface area contributed by atoms with E-state index >= 15 is 0 Å². The molecule has 1 aromatic carbocycles. The standard InChI is InChI=1S/C15H15ClN2O2/c1-10(12-5-3-4-6-13(12)16)18(2)11-7-8-17-14(9-11)15(19)20/h3-10H,1-2H3,(H,19,20). The molecule has 0 bridgehead atoms. The first kappa shape index (κ1) is 14.3. The van der Waals surface area contributed by atoms with Crippen molar-refractivity contribution in [1.29, 1.82) is 0 Å². The number of hydrogen-bond donors (Lipinski definition) is 1. The van der Waals surface area contributed by atoms with E-state index in [1.165, 1.54) is 6.20 Å². The molecule has 1 atom stereocenters. The number of benzene rings is 1. The number of rotatable bonds is 4. The van der Waals surface area contributed by atoms with Crippen LogP contribution >= 0.6 is 11.6 Å². The molecule has 4 nitrogen and oxygen atoms in total. The Balaban J connectivity index is 2.31. The van der Waals surface area contributed by atoms with E-state index in [9.17, 15) is 4.79 Å². The molecule has 0 radical (unpaired) electrons. The van der Waals surface area contributed by atoms with Crippen molar-refractivity contribution in [2.75, 3.05) is 11.9 Å². The third-order valence-corrected chi connectivity index (χ3v) is 3.65. The van der Waals surface area contributed by atoms with Crippen molar-refractivity contribution < 1.29 is 9.90 Å².